The lowest BCUT2D eigenvalue weighted by Gasteiger charge is -2.04. The Morgan fingerprint density at radius 2 is 2.16 bits per heavy atom. The maximum Gasteiger partial charge on any atom is 0.345 e. The van der Waals surface area contributed by atoms with E-state index < -0.39 is 10.9 Å². The van der Waals surface area contributed by atoms with Gasteiger partial charge in [-0.05, 0) is 40.9 Å². The predicted molar refractivity (Wildman–Crippen MR) is 72.4 cm³/mol. The molecule has 5 nitrogen and oxygen atoms in total. The number of carbonyl (C=O) groups excluding carboxylic acids is 1. The molecule has 1 heterocycles. The summed E-state index contributed by atoms with van der Waals surface area (Å²) in [5.41, 5.74) is 1.34. The summed E-state index contributed by atoms with van der Waals surface area (Å²) < 4.78 is 4.81. The van der Waals surface area contributed by atoms with Gasteiger partial charge in [0.2, 0.25) is 0 Å². The standard InChI is InChI=1S/C13H11NO4S/c1-2-18-13(15)11-4-3-9(7-12(11)14(16)17)10-5-6-19-8-10/h3-8H,2H2,1H3. The van der Waals surface area contributed by atoms with Crippen molar-refractivity contribution in [1.29, 1.82) is 0 Å². The van der Waals surface area contributed by atoms with Crippen LogP contribution in [0.25, 0.3) is 11.1 Å². The maximum absolute atomic E-state index is 11.6. The van der Waals surface area contributed by atoms with Crippen LogP contribution in [0.15, 0.2) is 35.0 Å². The molecule has 6 heteroatoms. The molecule has 0 radical (unpaired) electrons. The van der Waals surface area contributed by atoms with Crippen LogP contribution in [0.4, 0.5) is 5.69 Å². The molecule has 0 spiro atoms. The number of thiophene rings is 1. The number of nitro benzene ring substituents is 1. The normalized spacial score (nSPS) is 10.2. The highest BCUT2D eigenvalue weighted by Crippen LogP contribution is 2.29. The Hall–Kier alpha value is -2.21. The molecule has 0 unspecified atom stereocenters. The average Bonchev–Trinajstić information content (AvgIpc) is 2.92. The highest BCUT2D eigenvalue weighted by Gasteiger charge is 2.22. The van der Waals surface area contributed by atoms with Gasteiger partial charge < -0.3 is 4.74 Å². The molecule has 2 rings (SSSR count). The maximum atomic E-state index is 11.6. The number of esters is 1. The zero-order chi connectivity index (χ0) is 13.8. The quantitative estimate of drug-likeness (QED) is 0.487. The van der Waals surface area contributed by atoms with E-state index in [0.29, 0.717) is 5.56 Å². The second-order valence-electron chi connectivity index (χ2n) is 3.72. The lowest BCUT2D eigenvalue weighted by atomic mass is 10.0. The van der Waals surface area contributed by atoms with Crippen LogP contribution < -0.4 is 0 Å². The van der Waals surface area contributed by atoms with Gasteiger partial charge in [-0.25, -0.2) is 4.79 Å². The number of hydrogen-bond donors (Lipinski definition) is 0. The number of nitrogens with zero attached hydrogens (tertiary/aromatic N) is 1. The van der Waals surface area contributed by atoms with Crippen LogP contribution in [0.1, 0.15) is 17.3 Å². The van der Waals surface area contributed by atoms with Crippen LogP contribution in [-0.4, -0.2) is 17.5 Å². The van der Waals surface area contributed by atoms with Crippen LogP contribution in [0.3, 0.4) is 0 Å². The van der Waals surface area contributed by atoms with Crippen LogP contribution in [0.5, 0.6) is 0 Å². The number of hydrogen-bond acceptors (Lipinski definition) is 5. The SMILES string of the molecule is CCOC(=O)c1ccc(-c2ccsc2)cc1[N+](=O)[O-]. The molecule has 0 saturated heterocycles. The van der Waals surface area contributed by atoms with Crippen molar-refractivity contribution >= 4 is 23.0 Å². The molecular formula is C13H11NO4S. The highest BCUT2D eigenvalue weighted by molar-refractivity contribution is 7.08. The first-order valence-electron chi connectivity index (χ1n) is 5.61. The van der Waals surface area contributed by atoms with Gasteiger partial charge in [-0.3, -0.25) is 10.1 Å². The Morgan fingerprint density at radius 1 is 1.37 bits per heavy atom. The summed E-state index contributed by atoms with van der Waals surface area (Å²) in [6.07, 6.45) is 0. The van der Waals surface area contributed by atoms with E-state index >= 15 is 0 Å². The minimum atomic E-state index is -0.675. The first-order chi connectivity index (χ1) is 9.13. The average molecular weight is 277 g/mol. The van der Waals surface area contributed by atoms with E-state index in [1.54, 1.807) is 13.0 Å². The van der Waals surface area contributed by atoms with E-state index in [4.69, 9.17) is 4.74 Å². The van der Waals surface area contributed by atoms with Crippen molar-refractivity contribution in [2.75, 3.05) is 6.61 Å². The van der Waals surface area contributed by atoms with Gasteiger partial charge in [-0.1, -0.05) is 6.07 Å². The van der Waals surface area contributed by atoms with Gasteiger partial charge in [-0.2, -0.15) is 11.3 Å². The molecular weight excluding hydrogens is 266 g/mol. The summed E-state index contributed by atoms with van der Waals surface area (Å²) in [5.74, 6) is -0.675. The first kappa shape index (κ1) is 13.2. The van der Waals surface area contributed by atoms with Crippen LogP contribution in [0, 0.1) is 10.1 Å². The van der Waals surface area contributed by atoms with Gasteiger partial charge in [0.15, 0.2) is 0 Å². The fourth-order valence-electron chi connectivity index (χ4n) is 1.67. The fraction of sp³-hybridized carbons (Fsp3) is 0.154. The lowest BCUT2D eigenvalue weighted by molar-refractivity contribution is -0.385. The minimum absolute atomic E-state index is 0.0224. The van der Waals surface area contributed by atoms with Crippen molar-refractivity contribution in [3.63, 3.8) is 0 Å². The number of benzene rings is 1. The first-order valence-corrected chi connectivity index (χ1v) is 6.56. The van der Waals surface area contributed by atoms with E-state index in [1.165, 1.54) is 23.5 Å². The van der Waals surface area contributed by atoms with Crippen molar-refractivity contribution in [1.82, 2.24) is 0 Å². The Morgan fingerprint density at radius 3 is 2.74 bits per heavy atom. The molecule has 0 saturated carbocycles. The molecule has 19 heavy (non-hydrogen) atoms. The van der Waals surface area contributed by atoms with Crippen LogP contribution in [0.2, 0.25) is 0 Å². The summed E-state index contributed by atoms with van der Waals surface area (Å²) in [7, 11) is 0. The summed E-state index contributed by atoms with van der Waals surface area (Å²) in [4.78, 5) is 22.1. The third-order valence-electron chi connectivity index (χ3n) is 2.54. The molecule has 2 aromatic rings. The van der Waals surface area contributed by atoms with E-state index in [9.17, 15) is 14.9 Å². The monoisotopic (exact) mass is 277 g/mol. The highest BCUT2D eigenvalue weighted by atomic mass is 32.1. The second kappa shape index (κ2) is 5.62. The van der Waals surface area contributed by atoms with Crippen molar-refractivity contribution in [2.45, 2.75) is 6.92 Å². The number of ether oxygens (including phenoxy) is 1. The number of nitro groups is 1. The Bertz CT molecular complexity index is 607. The van der Waals surface area contributed by atoms with Crippen molar-refractivity contribution in [3.05, 3.63) is 50.7 Å². The van der Waals surface area contributed by atoms with Gasteiger partial charge in [0.1, 0.15) is 5.56 Å². The third-order valence-corrected chi connectivity index (χ3v) is 3.23. The molecule has 0 aliphatic heterocycles. The molecule has 98 valence electrons. The molecule has 0 N–H and O–H groups in total. The van der Waals surface area contributed by atoms with Crippen molar-refractivity contribution < 1.29 is 14.5 Å². The van der Waals surface area contributed by atoms with Crippen molar-refractivity contribution in [3.8, 4) is 11.1 Å². The molecule has 0 amide bonds. The summed E-state index contributed by atoms with van der Waals surface area (Å²) >= 11 is 1.51. The second-order valence-corrected chi connectivity index (χ2v) is 4.50. The predicted octanol–water partition coefficient (Wildman–Crippen LogP) is 3.50. The third kappa shape index (κ3) is 2.79. The van der Waals surface area contributed by atoms with Gasteiger partial charge in [0, 0.05) is 6.07 Å². The molecule has 0 aliphatic rings. The molecule has 0 aliphatic carbocycles. The van der Waals surface area contributed by atoms with Gasteiger partial charge in [0.25, 0.3) is 5.69 Å². The summed E-state index contributed by atoms with van der Waals surface area (Å²) in [5, 5.41) is 14.8. The molecule has 1 aromatic carbocycles. The van der Waals surface area contributed by atoms with E-state index in [1.807, 2.05) is 16.8 Å². The van der Waals surface area contributed by atoms with Crippen LogP contribution >= 0.6 is 11.3 Å². The Kier molecular flexibility index (Phi) is 3.91. The number of carbonyl (C=O) groups is 1. The van der Waals surface area contributed by atoms with Gasteiger partial charge in [0.05, 0.1) is 11.5 Å². The van der Waals surface area contributed by atoms with Gasteiger partial charge >= 0.3 is 5.97 Å². The topological polar surface area (TPSA) is 69.4 Å². The Labute approximate surface area is 113 Å². The van der Waals surface area contributed by atoms with Crippen molar-refractivity contribution in [2.24, 2.45) is 0 Å². The largest absolute Gasteiger partial charge is 0.462 e. The Balaban J connectivity index is 2.47. The lowest BCUT2D eigenvalue weighted by Crippen LogP contribution is -2.08. The molecule has 1 aromatic heterocycles. The molecule has 0 fully saturated rings. The van der Waals surface area contributed by atoms with Crippen LogP contribution in [-0.2, 0) is 4.74 Å². The summed E-state index contributed by atoms with van der Waals surface area (Å²) in [6.45, 7) is 1.84. The van der Waals surface area contributed by atoms with Gasteiger partial charge in [-0.15, -0.1) is 0 Å². The van der Waals surface area contributed by atoms with E-state index in [0.717, 1.165) is 5.56 Å². The molecule has 0 atom stereocenters. The zero-order valence-corrected chi connectivity index (χ0v) is 11.0. The summed E-state index contributed by atoms with van der Waals surface area (Å²) in [6, 6.07) is 6.38. The fourth-order valence-corrected chi connectivity index (χ4v) is 2.34. The zero-order valence-electron chi connectivity index (χ0n) is 10.2. The van der Waals surface area contributed by atoms with E-state index in [-0.39, 0.29) is 17.9 Å². The number of rotatable bonds is 4. The van der Waals surface area contributed by atoms with E-state index in [2.05, 4.69) is 0 Å². The minimum Gasteiger partial charge on any atom is -0.462 e. The molecule has 0 bridgehead atoms. The smallest absolute Gasteiger partial charge is 0.345 e.